The molecule has 0 atom stereocenters. The Morgan fingerprint density at radius 1 is 1.12 bits per heavy atom. The van der Waals surface area contributed by atoms with Crippen molar-refractivity contribution in [1.29, 1.82) is 0 Å². The van der Waals surface area contributed by atoms with Crippen molar-refractivity contribution in [2.75, 3.05) is 36.2 Å². The lowest BCUT2D eigenvalue weighted by atomic mass is 10.2. The number of ether oxygens (including phenoxy) is 1. The monoisotopic (exact) mass is 471 g/mol. The zero-order valence-corrected chi connectivity index (χ0v) is 19.0. The van der Waals surface area contributed by atoms with Crippen molar-refractivity contribution in [2.45, 2.75) is 18.0 Å². The molecule has 0 saturated carbocycles. The number of esters is 1. The van der Waals surface area contributed by atoms with Gasteiger partial charge in [-0.05, 0) is 49.2 Å². The predicted molar refractivity (Wildman–Crippen MR) is 125 cm³/mol. The quantitative estimate of drug-likeness (QED) is 0.411. The van der Waals surface area contributed by atoms with E-state index in [9.17, 15) is 9.59 Å². The van der Waals surface area contributed by atoms with Crippen LogP contribution < -0.4 is 10.2 Å². The molecule has 0 unspecified atom stereocenters. The Labute approximate surface area is 194 Å². The van der Waals surface area contributed by atoms with Crippen molar-refractivity contribution in [3.05, 3.63) is 59.1 Å². The average molecular weight is 472 g/mol. The number of carbonyl (C=O) groups is 2. The molecule has 2 heterocycles. The number of anilines is 2. The second-order valence-corrected chi connectivity index (χ2v) is 8.58. The van der Waals surface area contributed by atoms with E-state index in [1.807, 2.05) is 28.8 Å². The van der Waals surface area contributed by atoms with Gasteiger partial charge in [-0.1, -0.05) is 35.5 Å². The maximum Gasteiger partial charge on any atom is 0.337 e. The van der Waals surface area contributed by atoms with Gasteiger partial charge >= 0.3 is 5.97 Å². The molecule has 1 N–H and O–H groups in total. The second kappa shape index (κ2) is 10.1. The molecule has 0 spiro atoms. The molecule has 1 fully saturated rings. The maximum absolute atomic E-state index is 12.6. The number of halogens is 1. The molecule has 8 nitrogen and oxygen atoms in total. The minimum Gasteiger partial charge on any atom is -0.465 e. The van der Waals surface area contributed by atoms with Gasteiger partial charge in [-0.25, -0.2) is 4.79 Å². The van der Waals surface area contributed by atoms with Crippen LogP contribution in [0, 0.1) is 0 Å². The molecule has 10 heteroatoms. The molecule has 1 aliphatic heterocycles. The number of nitrogens with one attached hydrogen (secondary N) is 1. The van der Waals surface area contributed by atoms with Crippen LogP contribution in [0.5, 0.6) is 0 Å². The highest BCUT2D eigenvalue weighted by atomic mass is 35.5. The van der Waals surface area contributed by atoms with Gasteiger partial charge in [0, 0.05) is 23.8 Å². The maximum atomic E-state index is 12.6. The SMILES string of the molecule is COC(=O)c1cccc(NC(=O)CSc2nnc(N3CCCC3)n2-c2cccc(Cl)c2)c1. The fraction of sp³-hybridized carbons (Fsp3) is 0.273. The number of methoxy groups -OCH3 is 1. The number of rotatable bonds is 7. The normalized spacial score (nSPS) is 13.2. The number of benzene rings is 2. The first-order chi connectivity index (χ1) is 15.5. The summed E-state index contributed by atoms with van der Waals surface area (Å²) in [5.74, 6) is 0.194. The number of amides is 1. The first kappa shape index (κ1) is 22.2. The summed E-state index contributed by atoms with van der Waals surface area (Å²) in [4.78, 5) is 26.5. The number of thioether (sulfide) groups is 1. The highest BCUT2D eigenvalue weighted by Gasteiger charge is 2.23. The average Bonchev–Trinajstić information content (AvgIpc) is 3.47. The van der Waals surface area contributed by atoms with Gasteiger partial charge in [0.05, 0.1) is 24.1 Å². The Morgan fingerprint density at radius 2 is 1.91 bits per heavy atom. The summed E-state index contributed by atoms with van der Waals surface area (Å²) in [6, 6.07) is 14.1. The van der Waals surface area contributed by atoms with Gasteiger partial charge in [-0.2, -0.15) is 0 Å². The van der Waals surface area contributed by atoms with Crippen LogP contribution in [-0.2, 0) is 9.53 Å². The zero-order chi connectivity index (χ0) is 22.5. The third-order valence-electron chi connectivity index (χ3n) is 4.97. The Morgan fingerprint density at radius 3 is 2.66 bits per heavy atom. The molecule has 166 valence electrons. The third kappa shape index (κ3) is 5.05. The van der Waals surface area contributed by atoms with E-state index in [1.165, 1.54) is 18.9 Å². The fourth-order valence-electron chi connectivity index (χ4n) is 3.49. The highest BCUT2D eigenvalue weighted by molar-refractivity contribution is 7.99. The fourth-order valence-corrected chi connectivity index (χ4v) is 4.42. The Balaban J connectivity index is 1.51. The van der Waals surface area contributed by atoms with E-state index in [0.717, 1.165) is 37.6 Å². The Kier molecular flexibility index (Phi) is 6.96. The topological polar surface area (TPSA) is 89.3 Å². The van der Waals surface area contributed by atoms with E-state index in [1.54, 1.807) is 24.3 Å². The first-order valence-corrected chi connectivity index (χ1v) is 11.5. The molecule has 1 aromatic heterocycles. The van der Waals surface area contributed by atoms with Crippen molar-refractivity contribution in [3.63, 3.8) is 0 Å². The van der Waals surface area contributed by atoms with Crippen molar-refractivity contribution >= 4 is 46.9 Å². The molecule has 0 bridgehead atoms. The van der Waals surface area contributed by atoms with Gasteiger partial charge in [0.1, 0.15) is 0 Å². The number of hydrogen-bond donors (Lipinski definition) is 1. The summed E-state index contributed by atoms with van der Waals surface area (Å²) in [7, 11) is 1.32. The van der Waals surface area contributed by atoms with Crippen molar-refractivity contribution < 1.29 is 14.3 Å². The largest absolute Gasteiger partial charge is 0.465 e. The van der Waals surface area contributed by atoms with Crippen LogP contribution >= 0.6 is 23.4 Å². The molecular weight excluding hydrogens is 450 g/mol. The van der Waals surface area contributed by atoms with Gasteiger partial charge in [-0.3, -0.25) is 9.36 Å². The minimum absolute atomic E-state index is 0.126. The van der Waals surface area contributed by atoms with Crippen LogP contribution in [0.4, 0.5) is 11.6 Å². The lowest BCUT2D eigenvalue weighted by molar-refractivity contribution is -0.113. The van der Waals surface area contributed by atoms with Gasteiger partial charge in [0.25, 0.3) is 0 Å². The lowest BCUT2D eigenvalue weighted by Crippen LogP contribution is -2.22. The zero-order valence-electron chi connectivity index (χ0n) is 17.5. The van der Waals surface area contributed by atoms with Crippen LogP contribution in [0.15, 0.2) is 53.7 Å². The van der Waals surface area contributed by atoms with Crippen LogP contribution in [-0.4, -0.2) is 52.6 Å². The summed E-state index contributed by atoms with van der Waals surface area (Å²) < 4.78 is 6.66. The van der Waals surface area contributed by atoms with Crippen LogP contribution in [0.1, 0.15) is 23.2 Å². The van der Waals surface area contributed by atoms with Crippen molar-refractivity contribution in [2.24, 2.45) is 0 Å². The molecule has 0 aliphatic carbocycles. The summed E-state index contributed by atoms with van der Waals surface area (Å²) >= 11 is 7.50. The van der Waals surface area contributed by atoms with E-state index in [2.05, 4.69) is 20.4 Å². The molecule has 1 amide bonds. The van der Waals surface area contributed by atoms with Crippen molar-refractivity contribution in [1.82, 2.24) is 14.8 Å². The van der Waals surface area contributed by atoms with E-state index in [4.69, 9.17) is 16.3 Å². The molecule has 1 saturated heterocycles. The molecule has 4 rings (SSSR count). The molecule has 32 heavy (non-hydrogen) atoms. The second-order valence-electron chi connectivity index (χ2n) is 7.20. The summed E-state index contributed by atoms with van der Waals surface area (Å²) in [5, 5.41) is 12.8. The molecule has 3 aromatic rings. The van der Waals surface area contributed by atoms with E-state index in [0.29, 0.717) is 21.4 Å². The highest BCUT2D eigenvalue weighted by Crippen LogP contribution is 2.29. The van der Waals surface area contributed by atoms with Crippen molar-refractivity contribution in [3.8, 4) is 5.69 Å². The lowest BCUT2D eigenvalue weighted by Gasteiger charge is -2.18. The van der Waals surface area contributed by atoms with Crippen LogP contribution in [0.25, 0.3) is 5.69 Å². The third-order valence-corrected chi connectivity index (χ3v) is 6.14. The van der Waals surface area contributed by atoms with E-state index < -0.39 is 5.97 Å². The number of aromatic nitrogens is 3. The molecule has 1 aliphatic rings. The molecule has 2 aromatic carbocycles. The summed E-state index contributed by atoms with van der Waals surface area (Å²) in [6.07, 6.45) is 2.22. The Bertz CT molecular complexity index is 1130. The predicted octanol–water partition coefficient (Wildman–Crippen LogP) is 4.04. The first-order valence-electron chi connectivity index (χ1n) is 10.1. The van der Waals surface area contributed by atoms with Crippen LogP contribution in [0.2, 0.25) is 5.02 Å². The summed E-state index contributed by atoms with van der Waals surface area (Å²) in [6.45, 7) is 1.83. The standard InChI is InChI=1S/C22H22ClN5O3S/c1-31-20(30)15-6-4-8-17(12-15)24-19(29)14-32-22-26-25-21(27-10-2-3-11-27)28(22)18-9-5-7-16(23)13-18/h4-9,12-13H,2-3,10-11,14H2,1H3,(H,24,29). The van der Waals surface area contributed by atoms with Gasteiger partial charge in [-0.15, -0.1) is 10.2 Å². The minimum atomic E-state index is -0.459. The number of nitrogens with zero attached hydrogens (tertiary/aromatic N) is 4. The molecular formula is C22H22ClN5O3S. The Hall–Kier alpha value is -3.04. The van der Waals surface area contributed by atoms with Gasteiger partial charge in [0.15, 0.2) is 5.16 Å². The number of hydrogen-bond acceptors (Lipinski definition) is 7. The van der Waals surface area contributed by atoms with Gasteiger partial charge in [0.2, 0.25) is 11.9 Å². The smallest absolute Gasteiger partial charge is 0.337 e. The van der Waals surface area contributed by atoms with E-state index in [-0.39, 0.29) is 11.7 Å². The van der Waals surface area contributed by atoms with Crippen LogP contribution in [0.3, 0.4) is 0 Å². The van der Waals surface area contributed by atoms with Gasteiger partial charge < -0.3 is 15.0 Å². The molecule has 0 radical (unpaired) electrons. The summed E-state index contributed by atoms with van der Waals surface area (Å²) in [5.41, 5.74) is 1.74. The van der Waals surface area contributed by atoms with E-state index >= 15 is 0 Å². The number of carbonyl (C=O) groups excluding carboxylic acids is 2.